The topological polar surface area (TPSA) is 71.4 Å². The molecule has 0 amide bonds. The lowest BCUT2D eigenvalue weighted by molar-refractivity contribution is -0.115. The number of hydrogen-bond acceptors (Lipinski definition) is 4. The summed E-state index contributed by atoms with van der Waals surface area (Å²) in [5, 5.41) is 14.1. The molecule has 23 heavy (non-hydrogen) atoms. The van der Waals surface area contributed by atoms with Crippen molar-refractivity contribution in [3.8, 4) is 11.3 Å². The Bertz CT molecular complexity index is 817. The van der Waals surface area contributed by atoms with E-state index in [0.29, 0.717) is 22.2 Å². The summed E-state index contributed by atoms with van der Waals surface area (Å²) >= 11 is 0. The molecule has 3 aromatic heterocycles. The molecule has 0 aromatic carbocycles. The summed E-state index contributed by atoms with van der Waals surface area (Å²) in [4.78, 5) is 4.01. The summed E-state index contributed by atoms with van der Waals surface area (Å²) in [6, 6.07) is 1.84. The molecule has 6 nitrogen and oxygen atoms in total. The number of alkyl halides is 3. The number of nitrogens with one attached hydrogen (secondary N) is 2. The zero-order valence-electron chi connectivity index (χ0n) is 12.5. The Morgan fingerprint density at radius 1 is 1.35 bits per heavy atom. The summed E-state index contributed by atoms with van der Waals surface area (Å²) in [6.07, 6.45) is 0.549. The third-order valence-corrected chi connectivity index (χ3v) is 3.34. The fourth-order valence-corrected chi connectivity index (χ4v) is 2.24. The van der Waals surface area contributed by atoms with E-state index in [0.717, 1.165) is 0 Å². The van der Waals surface area contributed by atoms with Crippen LogP contribution in [-0.4, -0.2) is 37.7 Å². The molecule has 0 bridgehead atoms. The second-order valence-electron chi connectivity index (χ2n) is 5.43. The van der Waals surface area contributed by atoms with Crippen molar-refractivity contribution in [2.45, 2.75) is 26.1 Å². The molecule has 0 aliphatic rings. The zero-order valence-corrected chi connectivity index (χ0v) is 12.5. The van der Waals surface area contributed by atoms with Gasteiger partial charge in [0.25, 0.3) is 0 Å². The van der Waals surface area contributed by atoms with E-state index in [1.54, 1.807) is 23.1 Å². The van der Waals surface area contributed by atoms with Crippen LogP contribution in [0.2, 0.25) is 0 Å². The Morgan fingerprint density at radius 2 is 2.13 bits per heavy atom. The number of fused-ring (bicyclic) bond motifs is 1. The van der Waals surface area contributed by atoms with Gasteiger partial charge < -0.3 is 5.32 Å². The molecule has 9 heteroatoms. The maximum absolute atomic E-state index is 12.5. The van der Waals surface area contributed by atoms with E-state index in [1.165, 1.54) is 6.20 Å². The highest BCUT2D eigenvalue weighted by atomic mass is 19.4. The van der Waals surface area contributed by atoms with E-state index >= 15 is 0 Å². The number of aromatic nitrogens is 5. The van der Waals surface area contributed by atoms with Gasteiger partial charge >= 0.3 is 6.18 Å². The number of halogens is 3. The standard InChI is InChI=1S/C14H15F3N6/c1-8(2)23-6-9(5-20-23)12-11-10(21-22-12)3-4-18-13(11)19-7-14(15,16)17/h3-6,8H,7H2,1-2H3,(H,18,19)(H,21,22). The van der Waals surface area contributed by atoms with Crippen molar-refractivity contribution in [3.63, 3.8) is 0 Å². The average molecular weight is 324 g/mol. The van der Waals surface area contributed by atoms with Gasteiger partial charge in [-0.1, -0.05) is 0 Å². The predicted octanol–water partition coefficient (Wildman–Crippen LogP) is 3.38. The summed E-state index contributed by atoms with van der Waals surface area (Å²) in [6.45, 7) is 2.81. The highest BCUT2D eigenvalue weighted by molar-refractivity contribution is 6.00. The van der Waals surface area contributed by atoms with Gasteiger partial charge in [-0.3, -0.25) is 9.78 Å². The van der Waals surface area contributed by atoms with Crippen LogP contribution < -0.4 is 5.32 Å². The first-order valence-electron chi connectivity index (χ1n) is 7.03. The van der Waals surface area contributed by atoms with Crippen molar-refractivity contribution in [1.29, 1.82) is 0 Å². The molecular weight excluding hydrogens is 309 g/mol. The van der Waals surface area contributed by atoms with Crippen LogP contribution in [0, 0.1) is 0 Å². The van der Waals surface area contributed by atoms with Gasteiger partial charge in [0, 0.05) is 24.0 Å². The van der Waals surface area contributed by atoms with Crippen LogP contribution in [0.25, 0.3) is 22.2 Å². The van der Waals surface area contributed by atoms with Gasteiger partial charge in [0.2, 0.25) is 0 Å². The lowest BCUT2D eigenvalue weighted by Gasteiger charge is -2.09. The molecule has 0 unspecified atom stereocenters. The van der Waals surface area contributed by atoms with E-state index in [1.807, 2.05) is 13.8 Å². The lowest BCUT2D eigenvalue weighted by Crippen LogP contribution is -2.21. The van der Waals surface area contributed by atoms with Gasteiger partial charge in [0.1, 0.15) is 18.1 Å². The van der Waals surface area contributed by atoms with Crippen molar-refractivity contribution in [1.82, 2.24) is 25.0 Å². The molecule has 2 N–H and O–H groups in total. The Labute approximate surface area is 129 Å². The van der Waals surface area contributed by atoms with Crippen molar-refractivity contribution < 1.29 is 13.2 Å². The van der Waals surface area contributed by atoms with Crippen molar-refractivity contribution >= 4 is 16.7 Å². The SMILES string of the molecule is CC(C)n1cc(-c2n[nH]c3ccnc(NCC(F)(F)F)c23)cn1. The molecule has 0 atom stereocenters. The van der Waals surface area contributed by atoms with Crippen LogP contribution >= 0.6 is 0 Å². The molecular formula is C14H15F3N6. The van der Waals surface area contributed by atoms with Gasteiger partial charge in [0.15, 0.2) is 0 Å². The minimum atomic E-state index is -4.32. The Kier molecular flexibility index (Phi) is 3.70. The van der Waals surface area contributed by atoms with Crippen molar-refractivity contribution in [2.75, 3.05) is 11.9 Å². The van der Waals surface area contributed by atoms with Crippen LogP contribution in [0.5, 0.6) is 0 Å². The molecule has 122 valence electrons. The fourth-order valence-electron chi connectivity index (χ4n) is 2.24. The molecule has 0 spiro atoms. The number of H-pyrrole nitrogens is 1. The smallest absolute Gasteiger partial charge is 0.361 e. The van der Waals surface area contributed by atoms with E-state index in [-0.39, 0.29) is 11.9 Å². The maximum Gasteiger partial charge on any atom is 0.405 e. The zero-order chi connectivity index (χ0) is 16.6. The third kappa shape index (κ3) is 3.13. The van der Waals surface area contributed by atoms with E-state index in [2.05, 4.69) is 25.6 Å². The number of anilines is 1. The summed E-state index contributed by atoms with van der Waals surface area (Å²) in [5.41, 5.74) is 1.84. The van der Waals surface area contributed by atoms with E-state index in [9.17, 15) is 13.2 Å². The number of aromatic amines is 1. The Balaban J connectivity index is 2.03. The van der Waals surface area contributed by atoms with Gasteiger partial charge in [-0.2, -0.15) is 23.4 Å². The first-order valence-corrected chi connectivity index (χ1v) is 7.03. The molecule has 3 heterocycles. The van der Waals surface area contributed by atoms with Crippen molar-refractivity contribution in [2.24, 2.45) is 0 Å². The van der Waals surface area contributed by atoms with Crippen molar-refractivity contribution in [3.05, 3.63) is 24.7 Å². The van der Waals surface area contributed by atoms with Crippen LogP contribution in [0.3, 0.4) is 0 Å². The minimum Gasteiger partial charge on any atom is -0.361 e. The highest BCUT2D eigenvalue weighted by Gasteiger charge is 2.27. The maximum atomic E-state index is 12.5. The number of hydrogen-bond donors (Lipinski definition) is 2. The van der Waals surface area contributed by atoms with Crippen LogP contribution in [0.1, 0.15) is 19.9 Å². The number of nitrogens with zero attached hydrogens (tertiary/aromatic N) is 4. The Hall–Kier alpha value is -2.58. The lowest BCUT2D eigenvalue weighted by atomic mass is 10.1. The second kappa shape index (κ2) is 5.56. The monoisotopic (exact) mass is 324 g/mol. The molecule has 3 aromatic rings. The molecule has 0 radical (unpaired) electrons. The molecule has 3 rings (SSSR count). The average Bonchev–Trinajstić information content (AvgIpc) is 3.10. The second-order valence-corrected chi connectivity index (χ2v) is 5.43. The van der Waals surface area contributed by atoms with Gasteiger partial charge in [-0.15, -0.1) is 0 Å². The summed E-state index contributed by atoms with van der Waals surface area (Å²) in [7, 11) is 0. The minimum absolute atomic E-state index is 0.140. The third-order valence-electron chi connectivity index (χ3n) is 3.34. The normalized spacial score (nSPS) is 12.3. The quantitative estimate of drug-likeness (QED) is 0.772. The van der Waals surface area contributed by atoms with E-state index < -0.39 is 12.7 Å². The van der Waals surface area contributed by atoms with Crippen LogP contribution in [-0.2, 0) is 0 Å². The molecule has 0 aliphatic heterocycles. The molecule has 0 aliphatic carbocycles. The summed E-state index contributed by atoms with van der Waals surface area (Å²) in [5.74, 6) is 0.140. The van der Waals surface area contributed by atoms with Crippen LogP contribution in [0.15, 0.2) is 24.7 Å². The van der Waals surface area contributed by atoms with Crippen LogP contribution in [0.4, 0.5) is 19.0 Å². The number of pyridine rings is 1. The first-order chi connectivity index (χ1) is 10.8. The van der Waals surface area contributed by atoms with E-state index in [4.69, 9.17) is 0 Å². The molecule has 0 saturated carbocycles. The predicted molar refractivity (Wildman–Crippen MR) is 80.0 cm³/mol. The Morgan fingerprint density at radius 3 is 2.78 bits per heavy atom. The van der Waals surface area contributed by atoms with Gasteiger partial charge in [0.05, 0.1) is 17.1 Å². The molecule has 0 fully saturated rings. The number of rotatable bonds is 4. The summed E-state index contributed by atoms with van der Waals surface area (Å²) < 4.78 is 39.1. The van der Waals surface area contributed by atoms with Gasteiger partial charge in [-0.05, 0) is 19.9 Å². The fraction of sp³-hybridized carbons (Fsp3) is 0.357. The highest BCUT2D eigenvalue weighted by Crippen LogP contribution is 2.31. The first kappa shape index (κ1) is 15.3. The largest absolute Gasteiger partial charge is 0.405 e. The molecule has 0 saturated heterocycles. The van der Waals surface area contributed by atoms with Gasteiger partial charge in [-0.25, -0.2) is 4.98 Å².